The highest BCUT2D eigenvalue weighted by Crippen LogP contribution is 2.20. The zero-order valence-electron chi connectivity index (χ0n) is 14.1. The predicted octanol–water partition coefficient (Wildman–Crippen LogP) is 1.81. The second kappa shape index (κ2) is 10.1. The first kappa shape index (κ1) is 18.4. The number of nitrogens with zero attached hydrogens (tertiary/aromatic N) is 1. The van der Waals surface area contributed by atoms with Crippen molar-refractivity contribution in [1.29, 1.82) is 0 Å². The van der Waals surface area contributed by atoms with E-state index < -0.39 is 0 Å². The summed E-state index contributed by atoms with van der Waals surface area (Å²) in [6.45, 7) is 8.93. The first-order valence-corrected chi connectivity index (χ1v) is 8.31. The molecule has 0 spiro atoms. The topological polar surface area (TPSA) is 50.8 Å². The fourth-order valence-corrected chi connectivity index (χ4v) is 2.64. The molecule has 0 saturated heterocycles. The molecule has 21 heavy (non-hydrogen) atoms. The summed E-state index contributed by atoms with van der Waals surface area (Å²) in [5, 5.41) is 3.43. The van der Waals surface area contributed by atoms with E-state index >= 15 is 0 Å². The molecule has 0 aromatic carbocycles. The Hall–Kier alpha value is -0.650. The first-order chi connectivity index (χ1) is 10.2. The maximum atomic E-state index is 12.2. The molecule has 1 N–H and O–H groups in total. The van der Waals surface area contributed by atoms with E-state index in [0.29, 0.717) is 31.8 Å². The van der Waals surface area contributed by atoms with Gasteiger partial charge in [0.25, 0.3) is 0 Å². The van der Waals surface area contributed by atoms with Gasteiger partial charge in [-0.3, -0.25) is 9.69 Å². The standard InChI is InChI=1S/C16H32N2O3/c1-5-14(6-2)18(10-11-20-4)12-15(16(19)21-7-3)17-13-8-9-13/h13-15,17H,5-12H2,1-4H3. The Morgan fingerprint density at radius 2 is 1.95 bits per heavy atom. The van der Waals surface area contributed by atoms with Gasteiger partial charge in [-0.1, -0.05) is 13.8 Å². The lowest BCUT2D eigenvalue weighted by Crippen LogP contribution is -2.51. The second-order valence-corrected chi connectivity index (χ2v) is 5.70. The highest BCUT2D eigenvalue weighted by molar-refractivity contribution is 5.76. The molecule has 1 atom stereocenters. The van der Waals surface area contributed by atoms with E-state index in [9.17, 15) is 4.79 Å². The molecule has 124 valence electrons. The summed E-state index contributed by atoms with van der Waals surface area (Å²) in [7, 11) is 1.72. The second-order valence-electron chi connectivity index (χ2n) is 5.70. The van der Waals surface area contributed by atoms with Gasteiger partial charge in [-0.2, -0.15) is 0 Å². The molecule has 1 unspecified atom stereocenters. The average Bonchev–Trinajstić information content (AvgIpc) is 3.29. The molecule has 1 aliphatic rings. The fraction of sp³-hybridized carbons (Fsp3) is 0.938. The molecule has 0 aliphatic heterocycles. The minimum Gasteiger partial charge on any atom is -0.465 e. The summed E-state index contributed by atoms with van der Waals surface area (Å²) < 4.78 is 10.4. The van der Waals surface area contributed by atoms with Crippen molar-refractivity contribution < 1.29 is 14.3 Å². The van der Waals surface area contributed by atoms with Gasteiger partial charge >= 0.3 is 5.97 Å². The zero-order chi connectivity index (χ0) is 15.7. The average molecular weight is 300 g/mol. The van der Waals surface area contributed by atoms with Crippen LogP contribution in [0, 0.1) is 0 Å². The SMILES string of the molecule is CCOC(=O)C(CN(CCOC)C(CC)CC)NC1CC1. The summed E-state index contributed by atoms with van der Waals surface area (Å²) in [6, 6.07) is 0.748. The fourth-order valence-electron chi connectivity index (χ4n) is 2.64. The summed E-state index contributed by atoms with van der Waals surface area (Å²) in [6.07, 6.45) is 4.50. The lowest BCUT2D eigenvalue weighted by molar-refractivity contribution is -0.146. The smallest absolute Gasteiger partial charge is 0.324 e. The van der Waals surface area contributed by atoms with E-state index in [1.165, 1.54) is 12.8 Å². The van der Waals surface area contributed by atoms with Gasteiger partial charge in [-0.15, -0.1) is 0 Å². The summed E-state index contributed by atoms with van der Waals surface area (Å²) in [5.74, 6) is -0.127. The van der Waals surface area contributed by atoms with Crippen molar-refractivity contribution in [3.63, 3.8) is 0 Å². The van der Waals surface area contributed by atoms with Crippen molar-refractivity contribution in [2.45, 2.75) is 64.6 Å². The predicted molar refractivity (Wildman–Crippen MR) is 84.4 cm³/mol. The van der Waals surface area contributed by atoms with Gasteiger partial charge in [0.1, 0.15) is 6.04 Å². The molecule has 0 bridgehead atoms. The largest absolute Gasteiger partial charge is 0.465 e. The van der Waals surface area contributed by atoms with Crippen molar-refractivity contribution >= 4 is 5.97 Å². The van der Waals surface area contributed by atoms with Crippen LogP contribution in [0.25, 0.3) is 0 Å². The third kappa shape index (κ3) is 6.76. The van der Waals surface area contributed by atoms with Gasteiger partial charge in [0.05, 0.1) is 13.2 Å². The van der Waals surface area contributed by atoms with Crippen LogP contribution in [-0.2, 0) is 14.3 Å². The molecule has 0 aromatic heterocycles. The van der Waals surface area contributed by atoms with Crippen LogP contribution >= 0.6 is 0 Å². The number of hydrogen-bond acceptors (Lipinski definition) is 5. The van der Waals surface area contributed by atoms with E-state index in [0.717, 1.165) is 19.4 Å². The Balaban J connectivity index is 2.65. The number of ether oxygens (including phenoxy) is 2. The maximum Gasteiger partial charge on any atom is 0.324 e. The van der Waals surface area contributed by atoms with Gasteiger partial charge in [0, 0.05) is 32.3 Å². The minimum atomic E-state index is -0.227. The van der Waals surface area contributed by atoms with Crippen molar-refractivity contribution in [2.24, 2.45) is 0 Å². The van der Waals surface area contributed by atoms with Gasteiger partial charge in [0.2, 0.25) is 0 Å². The monoisotopic (exact) mass is 300 g/mol. The molecular formula is C16H32N2O3. The molecule has 1 saturated carbocycles. The summed E-state index contributed by atoms with van der Waals surface area (Å²) in [5.41, 5.74) is 0. The number of nitrogens with one attached hydrogen (secondary N) is 1. The van der Waals surface area contributed by atoms with Crippen molar-refractivity contribution in [3.05, 3.63) is 0 Å². The first-order valence-electron chi connectivity index (χ1n) is 8.31. The van der Waals surface area contributed by atoms with Crippen LogP contribution in [0.5, 0.6) is 0 Å². The van der Waals surface area contributed by atoms with E-state index in [-0.39, 0.29) is 12.0 Å². The number of hydrogen-bond donors (Lipinski definition) is 1. The van der Waals surface area contributed by atoms with Gasteiger partial charge in [-0.05, 0) is 32.6 Å². The Morgan fingerprint density at radius 3 is 2.43 bits per heavy atom. The number of esters is 1. The highest BCUT2D eigenvalue weighted by atomic mass is 16.5. The molecule has 1 fully saturated rings. The Kier molecular flexibility index (Phi) is 8.88. The van der Waals surface area contributed by atoms with Crippen LogP contribution in [0.2, 0.25) is 0 Å². The molecular weight excluding hydrogens is 268 g/mol. The third-order valence-electron chi connectivity index (χ3n) is 4.04. The van der Waals surface area contributed by atoms with E-state index in [1.807, 2.05) is 6.92 Å². The molecule has 0 radical (unpaired) electrons. The van der Waals surface area contributed by atoms with Crippen LogP contribution in [0.4, 0.5) is 0 Å². The molecule has 0 heterocycles. The van der Waals surface area contributed by atoms with Gasteiger partial charge in [-0.25, -0.2) is 0 Å². The van der Waals surface area contributed by atoms with Crippen LogP contribution in [-0.4, -0.2) is 62.4 Å². The molecule has 0 amide bonds. The third-order valence-corrected chi connectivity index (χ3v) is 4.04. The molecule has 0 aromatic rings. The van der Waals surface area contributed by atoms with Crippen molar-refractivity contribution in [3.8, 4) is 0 Å². The lowest BCUT2D eigenvalue weighted by Gasteiger charge is -2.33. The normalized spacial score (nSPS) is 16.5. The zero-order valence-corrected chi connectivity index (χ0v) is 14.1. The Bertz CT molecular complexity index is 291. The maximum absolute atomic E-state index is 12.2. The number of methoxy groups -OCH3 is 1. The van der Waals surface area contributed by atoms with Crippen LogP contribution < -0.4 is 5.32 Å². The highest BCUT2D eigenvalue weighted by Gasteiger charge is 2.31. The lowest BCUT2D eigenvalue weighted by atomic mass is 10.1. The van der Waals surface area contributed by atoms with Gasteiger partial charge < -0.3 is 14.8 Å². The Morgan fingerprint density at radius 1 is 1.29 bits per heavy atom. The molecule has 1 aliphatic carbocycles. The number of carbonyl (C=O) groups is 1. The van der Waals surface area contributed by atoms with E-state index in [1.54, 1.807) is 7.11 Å². The van der Waals surface area contributed by atoms with E-state index in [2.05, 4.69) is 24.1 Å². The van der Waals surface area contributed by atoms with Crippen LogP contribution in [0.3, 0.4) is 0 Å². The molecule has 5 nitrogen and oxygen atoms in total. The summed E-state index contributed by atoms with van der Waals surface area (Å²) in [4.78, 5) is 14.5. The molecule has 1 rings (SSSR count). The van der Waals surface area contributed by atoms with Gasteiger partial charge in [0.15, 0.2) is 0 Å². The quantitative estimate of drug-likeness (QED) is 0.557. The minimum absolute atomic E-state index is 0.127. The molecule has 5 heteroatoms. The van der Waals surface area contributed by atoms with Crippen molar-refractivity contribution in [2.75, 3.05) is 33.4 Å². The van der Waals surface area contributed by atoms with Crippen LogP contribution in [0.1, 0.15) is 46.5 Å². The summed E-state index contributed by atoms with van der Waals surface area (Å²) >= 11 is 0. The van der Waals surface area contributed by atoms with Crippen molar-refractivity contribution in [1.82, 2.24) is 10.2 Å². The number of rotatable bonds is 12. The van der Waals surface area contributed by atoms with E-state index in [4.69, 9.17) is 9.47 Å². The number of carbonyl (C=O) groups excluding carboxylic acids is 1. The van der Waals surface area contributed by atoms with Crippen LogP contribution in [0.15, 0.2) is 0 Å². The Labute approximate surface area is 129 Å².